The third kappa shape index (κ3) is 3.65. The van der Waals surface area contributed by atoms with Gasteiger partial charge in [0.25, 0.3) is 0 Å². The summed E-state index contributed by atoms with van der Waals surface area (Å²) in [5.41, 5.74) is -1.16. The lowest BCUT2D eigenvalue weighted by Gasteiger charge is -2.17. The van der Waals surface area contributed by atoms with E-state index in [0.717, 1.165) is 0 Å². The van der Waals surface area contributed by atoms with Crippen molar-refractivity contribution in [2.24, 2.45) is 0 Å². The average molecular weight is 211 g/mol. The molecule has 0 spiro atoms. The van der Waals surface area contributed by atoms with Crippen LogP contribution < -0.4 is 0 Å². The van der Waals surface area contributed by atoms with E-state index in [4.69, 9.17) is 9.84 Å². The van der Waals surface area contributed by atoms with Gasteiger partial charge in [0, 0.05) is 6.20 Å². The van der Waals surface area contributed by atoms with E-state index in [0.29, 0.717) is 5.69 Å². The predicted octanol–water partition coefficient (Wildman–Crippen LogP) is 0.434. The molecule has 1 rings (SSSR count). The van der Waals surface area contributed by atoms with Crippen LogP contribution in [0.4, 0.5) is 0 Å². The molecule has 15 heavy (non-hydrogen) atoms. The zero-order valence-corrected chi connectivity index (χ0v) is 8.38. The Morgan fingerprint density at radius 1 is 1.60 bits per heavy atom. The van der Waals surface area contributed by atoms with E-state index in [-0.39, 0.29) is 13.2 Å². The Balaban J connectivity index is 2.37. The van der Waals surface area contributed by atoms with Gasteiger partial charge in [-0.25, -0.2) is 4.79 Å². The van der Waals surface area contributed by atoms with Gasteiger partial charge in [0.2, 0.25) is 0 Å². The van der Waals surface area contributed by atoms with E-state index in [9.17, 15) is 9.90 Å². The summed E-state index contributed by atoms with van der Waals surface area (Å²) in [6.45, 7) is 1.11. The van der Waals surface area contributed by atoms with Crippen molar-refractivity contribution < 1.29 is 19.7 Å². The van der Waals surface area contributed by atoms with Gasteiger partial charge in [0.05, 0.1) is 18.9 Å². The minimum atomic E-state index is -1.85. The maximum absolute atomic E-state index is 10.5. The summed E-state index contributed by atoms with van der Waals surface area (Å²) in [5.74, 6) is -1.30. The quantitative estimate of drug-likeness (QED) is 0.738. The van der Waals surface area contributed by atoms with Gasteiger partial charge < -0.3 is 14.9 Å². The molecule has 0 saturated heterocycles. The number of nitrogens with zero attached hydrogens (tertiary/aromatic N) is 1. The molecule has 0 aromatic carbocycles. The number of hydrogen-bond acceptors (Lipinski definition) is 4. The lowest BCUT2D eigenvalue weighted by atomic mass is 10.1. The lowest BCUT2D eigenvalue weighted by Crippen LogP contribution is -2.39. The molecule has 0 fully saturated rings. The van der Waals surface area contributed by atoms with E-state index in [1.165, 1.54) is 6.92 Å². The van der Waals surface area contributed by atoms with Crippen molar-refractivity contribution in [3.05, 3.63) is 30.1 Å². The molecule has 0 aliphatic rings. The molecule has 0 aliphatic carbocycles. The second kappa shape index (κ2) is 4.86. The minimum Gasteiger partial charge on any atom is -0.479 e. The Morgan fingerprint density at radius 3 is 2.87 bits per heavy atom. The highest BCUT2D eigenvalue weighted by atomic mass is 16.5. The summed E-state index contributed by atoms with van der Waals surface area (Å²) in [6, 6.07) is 5.34. The van der Waals surface area contributed by atoms with Gasteiger partial charge in [-0.3, -0.25) is 4.98 Å². The highest BCUT2D eigenvalue weighted by Crippen LogP contribution is 2.05. The second-order valence-electron chi connectivity index (χ2n) is 3.39. The summed E-state index contributed by atoms with van der Waals surface area (Å²) in [7, 11) is 0. The van der Waals surface area contributed by atoms with Crippen LogP contribution in [0.1, 0.15) is 12.6 Å². The molecule has 1 unspecified atom stereocenters. The molecule has 5 nitrogen and oxygen atoms in total. The van der Waals surface area contributed by atoms with Crippen LogP contribution in [0.5, 0.6) is 0 Å². The van der Waals surface area contributed by atoms with Crippen molar-refractivity contribution in [1.82, 2.24) is 4.98 Å². The van der Waals surface area contributed by atoms with Gasteiger partial charge in [-0.15, -0.1) is 0 Å². The Kier molecular flexibility index (Phi) is 3.76. The highest BCUT2D eigenvalue weighted by Gasteiger charge is 2.30. The average Bonchev–Trinajstić information content (AvgIpc) is 2.19. The Hall–Kier alpha value is -1.46. The van der Waals surface area contributed by atoms with E-state index in [1.807, 2.05) is 0 Å². The molecule has 0 amide bonds. The van der Waals surface area contributed by atoms with Gasteiger partial charge in [0.1, 0.15) is 0 Å². The standard InChI is InChI=1S/C10H13NO4/c1-10(14,9(12)13)7-15-6-8-4-2-3-5-11-8/h2-5,14H,6-7H2,1H3,(H,12,13). The van der Waals surface area contributed by atoms with Crippen molar-refractivity contribution in [1.29, 1.82) is 0 Å². The number of hydrogen-bond donors (Lipinski definition) is 2. The molecular formula is C10H13NO4. The maximum atomic E-state index is 10.5. The van der Waals surface area contributed by atoms with Gasteiger partial charge in [-0.05, 0) is 19.1 Å². The van der Waals surface area contributed by atoms with Crippen molar-refractivity contribution in [3.8, 4) is 0 Å². The summed E-state index contributed by atoms with van der Waals surface area (Å²) in [4.78, 5) is 14.5. The van der Waals surface area contributed by atoms with Crippen LogP contribution in [-0.4, -0.2) is 33.4 Å². The number of pyridine rings is 1. The number of aromatic nitrogens is 1. The van der Waals surface area contributed by atoms with Gasteiger partial charge in [0.15, 0.2) is 5.60 Å². The van der Waals surface area contributed by atoms with E-state index >= 15 is 0 Å². The fourth-order valence-electron chi connectivity index (χ4n) is 0.900. The first-order chi connectivity index (χ1) is 7.02. The first kappa shape index (κ1) is 11.6. The van der Waals surface area contributed by atoms with Gasteiger partial charge in [-0.2, -0.15) is 0 Å². The summed E-state index contributed by atoms with van der Waals surface area (Å²) < 4.78 is 5.05. The molecule has 82 valence electrons. The van der Waals surface area contributed by atoms with E-state index in [2.05, 4.69) is 4.98 Å². The lowest BCUT2D eigenvalue weighted by molar-refractivity contribution is -0.163. The molecule has 0 bridgehead atoms. The highest BCUT2D eigenvalue weighted by molar-refractivity contribution is 5.76. The normalized spacial score (nSPS) is 14.5. The summed E-state index contributed by atoms with van der Waals surface area (Å²) in [5, 5.41) is 17.9. The largest absolute Gasteiger partial charge is 0.479 e. The first-order valence-electron chi connectivity index (χ1n) is 4.46. The van der Waals surface area contributed by atoms with Crippen LogP contribution in [-0.2, 0) is 16.1 Å². The van der Waals surface area contributed by atoms with Gasteiger partial charge >= 0.3 is 5.97 Å². The second-order valence-corrected chi connectivity index (χ2v) is 3.39. The molecule has 0 aliphatic heterocycles. The fraction of sp³-hybridized carbons (Fsp3) is 0.400. The number of aliphatic hydroxyl groups is 1. The molecule has 1 heterocycles. The van der Waals surface area contributed by atoms with Crippen molar-refractivity contribution in [2.75, 3.05) is 6.61 Å². The number of ether oxygens (including phenoxy) is 1. The van der Waals surface area contributed by atoms with Gasteiger partial charge in [-0.1, -0.05) is 6.07 Å². The van der Waals surface area contributed by atoms with Crippen LogP contribution >= 0.6 is 0 Å². The van der Waals surface area contributed by atoms with Crippen LogP contribution in [0, 0.1) is 0 Å². The van der Waals surface area contributed by atoms with Crippen LogP contribution in [0.25, 0.3) is 0 Å². The van der Waals surface area contributed by atoms with Crippen LogP contribution in [0.3, 0.4) is 0 Å². The third-order valence-electron chi connectivity index (χ3n) is 1.82. The van der Waals surface area contributed by atoms with Crippen molar-refractivity contribution in [3.63, 3.8) is 0 Å². The smallest absolute Gasteiger partial charge is 0.337 e. The molecule has 5 heteroatoms. The monoisotopic (exact) mass is 211 g/mol. The molecule has 1 atom stereocenters. The fourth-order valence-corrected chi connectivity index (χ4v) is 0.900. The molecule has 1 aromatic heterocycles. The summed E-state index contributed by atoms with van der Waals surface area (Å²) in [6.07, 6.45) is 1.62. The zero-order valence-electron chi connectivity index (χ0n) is 8.38. The van der Waals surface area contributed by atoms with Crippen LogP contribution in [0.2, 0.25) is 0 Å². The number of carboxylic acids is 1. The number of rotatable bonds is 5. The Morgan fingerprint density at radius 2 is 2.33 bits per heavy atom. The maximum Gasteiger partial charge on any atom is 0.337 e. The number of carboxylic acid groups (broad SMARTS) is 1. The van der Waals surface area contributed by atoms with Crippen molar-refractivity contribution in [2.45, 2.75) is 19.1 Å². The first-order valence-corrected chi connectivity index (χ1v) is 4.46. The minimum absolute atomic E-state index is 0.185. The van der Waals surface area contributed by atoms with E-state index in [1.54, 1.807) is 24.4 Å². The Bertz CT molecular complexity index is 323. The predicted molar refractivity (Wildman–Crippen MR) is 52.2 cm³/mol. The SMILES string of the molecule is CC(O)(COCc1ccccn1)C(=O)O. The summed E-state index contributed by atoms with van der Waals surface area (Å²) >= 11 is 0. The Labute approximate surface area is 87.3 Å². The number of aliphatic carboxylic acids is 1. The number of carbonyl (C=O) groups is 1. The topological polar surface area (TPSA) is 79.7 Å². The van der Waals surface area contributed by atoms with E-state index < -0.39 is 11.6 Å². The molecule has 1 aromatic rings. The molecule has 0 saturated carbocycles. The third-order valence-corrected chi connectivity index (χ3v) is 1.82. The van der Waals surface area contributed by atoms with Crippen LogP contribution in [0.15, 0.2) is 24.4 Å². The molecular weight excluding hydrogens is 198 g/mol. The molecule has 0 radical (unpaired) electrons. The molecule has 2 N–H and O–H groups in total. The van der Waals surface area contributed by atoms with Crippen molar-refractivity contribution >= 4 is 5.97 Å². The zero-order chi connectivity index (χ0) is 11.3.